The second-order valence-corrected chi connectivity index (χ2v) is 11.0. The van der Waals surface area contributed by atoms with E-state index in [4.69, 9.17) is 14.5 Å². The Labute approximate surface area is 201 Å². The first-order chi connectivity index (χ1) is 16.0. The van der Waals surface area contributed by atoms with E-state index in [0.717, 1.165) is 25.8 Å². The van der Waals surface area contributed by atoms with Crippen LogP contribution in [0, 0.1) is 17.3 Å². The first-order valence-corrected chi connectivity index (χ1v) is 12.3. The smallest absolute Gasteiger partial charge is 0.314 e. The van der Waals surface area contributed by atoms with Gasteiger partial charge in [0.2, 0.25) is 6.79 Å². The van der Waals surface area contributed by atoms with Crippen molar-refractivity contribution in [3.05, 3.63) is 23.9 Å². The highest BCUT2D eigenvalue weighted by Crippen LogP contribution is 2.43. The molecule has 186 valence electrons. The number of fused-ring (bicyclic) bond motifs is 4. The fourth-order valence-electron chi connectivity index (χ4n) is 5.60. The van der Waals surface area contributed by atoms with Gasteiger partial charge in [0.15, 0.2) is 5.78 Å². The third-order valence-corrected chi connectivity index (χ3v) is 7.60. The summed E-state index contributed by atoms with van der Waals surface area (Å²) in [7, 11) is 0. The number of carbonyl (C=O) groups excluding carboxylic acids is 3. The van der Waals surface area contributed by atoms with Crippen LogP contribution in [0.3, 0.4) is 0 Å². The molecular formula is C26H36N2O6. The maximum absolute atomic E-state index is 13.1. The summed E-state index contributed by atoms with van der Waals surface area (Å²) in [6, 6.07) is 0.530. The van der Waals surface area contributed by atoms with Crippen LogP contribution < -0.4 is 0 Å². The predicted molar refractivity (Wildman–Crippen MR) is 126 cm³/mol. The Bertz CT molecular complexity index is 945. The van der Waals surface area contributed by atoms with Gasteiger partial charge in [-0.15, -0.1) is 0 Å². The van der Waals surface area contributed by atoms with Crippen LogP contribution in [0.25, 0.3) is 0 Å². The molecule has 8 heteroatoms. The number of rotatable bonds is 6. The quantitative estimate of drug-likeness (QED) is 0.468. The van der Waals surface area contributed by atoms with Gasteiger partial charge in [0.25, 0.3) is 0 Å². The molecule has 34 heavy (non-hydrogen) atoms. The zero-order valence-corrected chi connectivity index (χ0v) is 20.6. The van der Waals surface area contributed by atoms with Crippen LogP contribution in [0.1, 0.15) is 66.2 Å². The van der Waals surface area contributed by atoms with Gasteiger partial charge in [-0.3, -0.25) is 19.4 Å². The average Bonchev–Trinajstić information content (AvgIpc) is 3.14. The van der Waals surface area contributed by atoms with Gasteiger partial charge in [0.05, 0.1) is 35.2 Å². The molecule has 1 aliphatic carbocycles. The third kappa shape index (κ3) is 4.83. The molecule has 5 atom stereocenters. The fourth-order valence-corrected chi connectivity index (χ4v) is 5.60. The highest BCUT2D eigenvalue weighted by atomic mass is 16.7. The van der Waals surface area contributed by atoms with E-state index in [-0.39, 0.29) is 30.6 Å². The maximum atomic E-state index is 13.1. The molecule has 0 bridgehead atoms. The van der Waals surface area contributed by atoms with E-state index in [0.29, 0.717) is 29.7 Å². The largest absolute Gasteiger partial charge is 0.428 e. The van der Waals surface area contributed by atoms with Crippen molar-refractivity contribution < 1.29 is 29.0 Å². The first-order valence-electron chi connectivity index (χ1n) is 12.3. The monoisotopic (exact) mass is 472 g/mol. The summed E-state index contributed by atoms with van der Waals surface area (Å²) in [5, 5.41) is 11.3. The van der Waals surface area contributed by atoms with Gasteiger partial charge in [-0.05, 0) is 70.7 Å². The predicted octanol–water partition coefficient (Wildman–Crippen LogP) is 2.94. The number of allylic oxidation sites excluding steroid dienone is 2. The first kappa shape index (κ1) is 24.6. The van der Waals surface area contributed by atoms with Crippen molar-refractivity contribution in [2.24, 2.45) is 22.2 Å². The van der Waals surface area contributed by atoms with Crippen molar-refractivity contribution in [2.75, 3.05) is 13.3 Å². The van der Waals surface area contributed by atoms with Crippen LogP contribution in [0.5, 0.6) is 0 Å². The fraction of sp³-hybridized carbons (Fsp3) is 0.692. The van der Waals surface area contributed by atoms with Crippen LogP contribution in [-0.2, 0) is 23.9 Å². The molecule has 0 radical (unpaired) electrons. The van der Waals surface area contributed by atoms with E-state index in [1.807, 2.05) is 0 Å². The summed E-state index contributed by atoms with van der Waals surface area (Å²) in [6.07, 6.45) is 9.27. The molecule has 5 unspecified atom stereocenters. The number of aliphatic hydroxyl groups is 1. The Morgan fingerprint density at radius 2 is 2.03 bits per heavy atom. The van der Waals surface area contributed by atoms with Crippen molar-refractivity contribution in [1.29, 1.82) is 0 Å². The number of ether oxygens (including phenoxy) is 2. The average molecular weight is 473 g/mol. The van der Waals surface area contributed by atoms with E-state index in [2.05, 4.69) is 17.2 Å². The van der Waals surface area contributed by atoms with Crippen LogP contribution in [-0.4, -0.2) is 64.5 Å². The lowest BCUT2D eigenvalue weighted by molar-refractivity contribution is -0.175. The Morgan fingerprint density at radius 1 is 1.26 bits per heavy atom. The highest BCUT2D eigenvalue weighted by Gasteiger charge is 2.48. The molecule has 3 heterocycles. The molecule has 1 fully saturated rings. The molecule has 0 aromatic heterocycles. The molecule has 3 aliphatic heterocycles. The maximum Gasteiger partial charge on any atom is 0.314 e. The zero-order valence-electron chi connectivity index (χ0n) is 20.6. The molecule has 4 aliphatic rings. The van der Waals surface area contributed by atoms with Gasteiger partial charge in [-0.2, -0.15) is 0 Å². The molecular weight excluding hydrogens is 436 g/mol. The van der Waals surface area contributed by atoms with Crippen LogP contribution >= 0.6 is 0 Å². The second kappa shape index (κ2) is 9.29. The highest BCUT2D eigenvalue weighted by molar-refractivity contribution is 6.45. The van der Waals surface area contributed by atoms with Crippen molar-refractivity contribution in [1.82, 2.24) is 4.90 Å². The minimum atomic E-state index is -1.49. The number of carbonyl (C=O) groups is 3. The molecule has 0 spiro atoms. The van der Waals surface area contributed by atoms with Gasteiger partial charge < -0.3 is 19.5 Å². The lowest BCUT2D eigenvalue weighted by Crippen LogP contribution is -2.44. The summed E-state index contributed by atoms with van der Waals surface area (Å²) in [5.41, 5.74) is -1.01. The van der Waals surface area contributed by atoms with Crippen molar-refractivity contribution in [3.8, 4) is 0 Å². The SMILES string of the molecule is CCC(O)(CC(=O)OCOC(=O)C(C)(C)C)C1=CC(=O)C2=NC3C(CC2C1)CN1C=CCCC31. The lowest BCUT2D eigenvalue weighted by atomic mass is 9.71. The van der Waals surface area contributed by atoms with Crippen molar-refractivity contribution >= 4 is 23.4 Å². The van der Waals surface area contributed by atoms with E-state index < -0.39 is 29.7 Å². The second-order valence-electron chi connectivity index (χ2n) is 11.0. The summed E-state index contributed by atoms with van der Waals surface area (Å²) in [5.74, 6) is -0.963. The molecule has 0 aromatic rings. The zero-order chi connectivity index (χ0) is 24.7. The summed E-state index contributed by atoms with van der Waals surface area (Å²) < 4.78 is 10.0. The van der Waals surface area contributed by atoms with Gasteiger partial charge >= 0.3 is 11.9 Å². The van der Waals surface area contributed by atoms with Crippen LogP contribution in [0.15, 0.2) is 28.9 Å². The van der Waals surface area contributed by atoms with Gasteiger partial charge in [-0.25, -0.2) is 0 Å². The van der Waals surface area contributed by atoms with E-state index in [1.54, 1.807) is 27.7 Å². The van der Waals surface area contributed by atoms with Gasteiger partial charge in [0, 0.05) is 18.4 Å². The Balaban J connectivity index is 1.42. The number of ketones is 1. The summed E-state index contributed by atoms with van der Waals surface area (Å²) in [6.45, 7) is 7.35. The standard InChI is InChI=1S/C26H36N2O6/c1-5-26(32,13-21(30)33-15-34-24(31)25(2,3)4)18-11-16-10-17-14-28-9-7-6-8-19(28)22(17)27-23(16)20(29)12-18/h7,9,12,16-17,19,22,32H,5-6,8,10-11,13-15H2,1-4H3. The Morgan fingerprint density at radius 3 is 2.74 bits per heavy atom. The number of hydrogen-bond donors (Lipinski definition) is 1. The minimum absolute atomic E-state index is 0.0408. The number of esters is 2. The van der Waals surface area contributed by atoms with Gasteiger partial charge in [0.1, 0.15) is 0 Å². The third-order valence-electron chi connectivity index (χ3n) is 7.60. The number of nitrogens with zero attached hydrogens (tertiary/aromatic N) is 2. The van der Waals surface area contributed by atoms with Crippen LogP contribution in [0.4, 0.5) is 0 Å². The Kier molecular flexibility index (Phi) is 6.73. The van der Waals surface area contributed by atoms with Crippen molar-refractivity contribution in [3.63, 3.8) is 0 Å². The molecule has 0 amide bonds. The van der Waals surface area contributed by atoms with Gasteiger partial charge in [-0.1, -0.05) is 13.0 Å². The molecule has 0 saturated carbocycles. The van der Waals surface area contributed by atoms with E-state index >= 15 is 0 Å². The number of aliphatic imine (C=N–C) groups is 1. The minimum Gasteiger partial charge on any atom is -0.428 e. The van der Waals surface area contributed by atoms with Crippen molar-refractivity contribution in [2.45, 2.75) is 83.9 Å². The lowest BCUT2D eigenvalue weighted by Gasteiger charge is -2.38. The van der Waals surface area contributed by atoms with E-state index in [1.165, 1.54) is 6.08 Å². The molecule has 8 nitrogen and oxygen atoms in total. The van der Waals surface area contributed by atoms with Crippen LogP contribution in [0.2, 0.25) is 0 Å². The number of hydrogen-bond acceptors (Lipinski definition) is 8. The normalized spacial score (nSPS) is 29.8. The topological polar surface area (TPSA) is 106 Å². The Hall–Kier alpha value is -2.48. The molecule has 4 rings (SSSR count). The molecule has 1 saturated heterocycles. The molecule has 0 aromatic carbocycles. The summed E-state index contributed by atoms with van der Waals surface area (Å²) in [4.78, 5) is 44.6. The summed E-state index contributed by atoms with van der Waals surface area (Å²) >= 11 is 0. The molecule has 1 N–H and O–H groups in total. The van der Waals surface area contributed by atoms with E-state index in [9.17, 15) is 19.5 Å².